The van der Waals surface area contributed by atoms with Gasteiger partial charge in [-0.05, 0) is 18.2 Å². The second kappa shape index (κ2) is 3.43. The van der Waals surface area contributed by atoms with Crippen molar-refractivity contribution in [2.45, 2.75) is 0 Å². The predicted molar refractivity (Wildman–Crippen MR) is 71.2 cm³/mol. The average Bonchev–Trinajstić information content (AvgIpc) is 3.04. The van der Waals surface area contributed by atoms with E-state index >= 15 is 0 Å². The van der Waals surface area contributed by atoms with E-state index in [0.29, 0.717) is 0 Å². The van der Waals surface area contributed by atoms with E-state index in [1.165, 1.54) is 0 Å². The summed E-state index contributed by atoms with van der Waals surface area (Å²) in [6, 6.07) is 14.1. The van der Waals surface area contributed by atoms with Gasteiger partial charge in [-0.2, -0.15) is 5.10 Å². The number of para-hydroxylation sites is 2. The Kier molecular flexibility index (Phi) is 1.80. The second-order valence-corrected chi connectivity index (χ2v) is 4.24. The molecule has 2 aromatic heterocycles. The number of aromatic amines is 2. The van der Waals surface area contributed by atoms with Crippen LogP contribution in [0.25, 0.3) is 33.3 Å². The first-order chi connectivity index (χ1) is 8.92. The summed E-state index contributed by atoms with van der Waals surface area (Å²) in [5.41, 5.74) is 4.12. The Morgan fingerprint density at radius 2 is 1.78 bits per heavy atom. The first kappa shape index (κ1) is 9.41. The molecule has 0 spiro atoms. The molecular formula is C14H10N4. The molecule has 4 aromatic rings. The van der Waals surface area contributed by atoms with Gasteiger partial charge in [0.05, 0.1) is 22.7 Å². The van der Waals surface area contributed by atoms with Gasteiger partial charge in [0.25, 0.3) is 0 Å². The van der Waals surface area contributed by atoms with Gasteiger partial charge in [0.2, 0.25) is 0 Å². The molecule has 0 aliphatic rings. The summed E-state index contributed by atoms with van der Waals surface area (Å²) in [4.78, 5) is 7.96. The molecule has 0 fully saturated rings. The van der Waals surface area contributed by atoms with Crippen molar-refractivity contribution in [3.63, 3.8) is 0 Å². The Morgan fingerprint density at radius 3 is 2.72 bits per heavy atom. The predicted octanol–water partition coefficient (Wildman–Crippen LogP) is 3.11. The number of hydrogen-bond donors (Lipinski definition) is 2. The second-order valence-electron chi connectivity index (χ2n) is 4.24. The first-order valence-electron chi connectivity index (χ1n) is 5.79. The van der Waals surface area contributed by atoms with Crippen molar-refractivity contribution < 1.29 is 0 Å². The van der Waals surface area contributed by atoms with Crippen LogP contribution < -0.4 is 0 Å². The highest BCUT2D eigenvalue weighted by Gasteiger charge is 2.09. The quantitative estimate of drug-likeness (QED) is 0.531. The van der Waals surface area contributed by atoms with E-state index in [2.05, 4.69) is 26.2 Å². The van der Waals surface area contributed by atoms with Crippen LogP contribution in [-0.2, 0) is 0 Å². The summed E-state index contributed by atoms with van der Waals surface area (Å²) in [7, 11) is 0. The molecule has 0 saturated carbocycles. The zero-order valence-electron chi connectivity index (χ0n) is 9.51. The highest BCUT2D eigenvalue weighted by atomic mass is 15.1. The van der Waals surface area contributed by atoms with Gasteiger partial charge in [0, 0.05) is 10.9 Å². The van der Waals surface area contributed by atoms with Crippen LogP contribution in [0.15, 0.2) is 48.7 Å². The van der Waals surface area contributed by atoms with Crippen molar-refractivity contribution in [2.24, 2.45) is 0 Å². The molecule has 0 bridgehead atoms. The van der Waals surface area contributed by atoms with Crippen molar-refractivity contribution in [3.05, 3.63) is 48.7 Å². The van der Waals surface area contributed by atoms with Crippen molar-refractivity contribution >= 4 is 21.9 Å². The zero-order chi connectivity index (χ0) is 11.9. The van der Waals surface area contributed by atoms with Gasteiger partial charge in [-0.15, -0.1) is 0 Å². The molecule has 0 aliphatic heterocycles. The zero-order valence-corrected chi connectivity index (χ0v) is 9.51. The Bertz CT molecular complexity index is 808. The first-order valence-corrected chi connectivity index (χ1v) is 5.79. The summed E-state index contributed by atoms with van der Waals surface area (Å²) < 4.78 is 0. The largest absolute Gasteiger partial charge is 0.338 e. The Hall–Kier alpha value is -2.62. The highest BCUT2D eigenvalue weighted by molar-refractivity contribution is 5.94. The van der Waals surface area contributed by atoms with Crippen LogP contribution in [0.5, 0.6) is 0 Å². The molecule has 0 radical (unpaired) electrons. The van der Waals surface area contributed by atoms with Gasteiger partial charge < -0.3 is 4.98 Å². The van der Waals surface area contributed by atoms with Crippen LogP contribution in [0.1, 0.15) is 0 Å². The molecule has 4 heteroatoms. The standard InChI is InChI=1S/C14H10N4/c1-2-6-13-12(5-1)16-14(17-13)9-4-3-7-11-10(9)8-15-18-11/h1-8H,(H,15,18)(H,16,17). The Labute approximate surface area is 103 Å². The number of nitrogens with zero attached hydrogens (tertiary/aromatic N) is 2. The maximum atomic E-state index is 4.62. The van der Waals surface area contributed by atoms with Crippen LogP contribution in [0.4, 0.5) is 0 Å². The van der Waals surface area contributed by atoms with Gasteiger partial charge in [0.1, 0.15) is 5.82 Å². The van der Waals surface area contributed by atoms with Gasteiger partial charge in [0.15, 0.2) is 0 Å². The number of rotatable bonds is 1. The van der Waals surface area contributed by atoms with Crippen LogP contribution in [-0.4, -0.2) is 20.2 Å². The lowest BCUT2D eigenvalue weighted by Gasteiger charge is -1.97. The maximum absolute atomic E-state index is 4.62. The summed E-state index contributed by atoms with van der Waals surface area (Å²) in [6.45, 7) is 0. The van der Waals surface area contributed by atoms with Crippen LogP contribution in [0, 0.1) is 0 Å². The fraction of sp³-hybridized carbons (Fsp3) is 0. The van der Waals surface area contributed by atoms with Crippen molar-refractivity contribution in [1.82, 2.24) is 20.2 Å². The molecule has 2 N–H and O–H groups in total. The third kappa shape index (κ3) is 1.26. The fourth-order valence-corrected chi connectivity index (χ4v) is 2.26. The van der Waals surface area contributed by atoms with Crippen LogP contribution >= 0.6 is 0 Å². The van der Waals surface area contributed by atoms with Crippen molar-refractivity contribution in [1.29, 1.82) is 0 Å². The van der Waals surface area contributed by atoms with Crippen molar-refractivity contribution in [3.8, 4) is 11.4 Å². The average molecular weight is 234 g/mol. The number of H-pyrrole nitrogens is 2. The molecule has 2 aromatic carbocycles. The van der Waals surface area contributed by atoms with E-state index in [1.54, 1.807) is 0 Å². The SMILES string of the molecule is c1ccc2[nH]c(-c3cccc4[nH]ncc34)nc2c1. The monoisotopic (exact) mass is 234 g/mol. The number of nitrogens with one attached hydrogen (secondary N) is 2. The topological polar surface area (TPSA) is 57.4 Å². The van der Waals surface area contributed by atoms with E-state index in [4.69, 9.17) is 0 Å². The number of imidazole rings is 1. The number of hydrogen-bond acceptors (Lipinski definition) is 2. The van der Waals surface area contributed by atoms with E-state index in [-0.39, 0.29) is 0 Å². The summed E-state index contributed by atoms with van der Waals surface area (Å²) in [6.07, 6.45) is 1.83. The smallest absolute Gasteiger partial charge is 0.139 e. The molecule has 0 amide bonds. The maximum Gasteiger partial charge on any atom is 0.139 e. The fourth-order valence-electron chi connectivity index (χ4n) is 2.26. The lowest BCUT2D eigenvalue weighted by molar-refractivity contribution is 1.12. The van der Waals surface area contributed by atoms with Crippen molar-refractivity contribution in [2.75, 3.05) is 0 Å². The van der Waals surface area contributed by atoms with Gasteiger partial charge in [-0.3, -0.25) is 5.10 Å². The Balaban J connectivity index is 2.04. The number of benzene rings is 2. The third-order valence-corrected chi connectivity index (χ3v) is 3.13. The molecule has 2 heterocycles. The molecule has 18 heavy (non-hydrogen) atoms. The molecule has 86 valence electrons. The van der Waals surface area contributed by atoms with E-state index in [9.17, 15) is 0 Å². The Morgan fingerprint density at radius 1 is 0.889 bits per heavy atom. The minimum absolute atomic E-state index is 0.878. The molecule has 0 atom stereocenters. The minimum Gasteiger partial charge on any atom is -0.338 e. The van der Waals surface area contributed by atoms with E-state index < -0.39 is 0 Å². The normalized spacial score (nSPS) is 11.3. The lowest BCUT2D eigenvalue weighted by atomic mass is 10.1. The molecular weight excluding hydrogens is 224 g/mol. The molecule has 4 rings (SSSR count). The van der Waals surface area contributed by atoms with Gasteiger partial charge in [-0.25, -0.2) is 4.98 Å². The molecule has 4 nitrogen and oxygen atoms in total. The van der Waals surface area contributed by atoms with Gasteiger partial charge in [-0.1, -0.05) is 24.3 Å². The summed E-state index contributed by atoms with van der Waals surface area (Å²) in [5.74, 6) is 0.878. The molecule has 0 unspecified atom stereocenters. The summed E-state index contributed by atoms with van der Waals surface area (Å²) >= 11 is 0. The third-order valence-electron chi connectivity index (χ3n) is 3.13. The van der Waals surface area contributed by atoms with E-state index in [0.717, 1.165) is 33.3 Å². The number of aromatic nitrogens is 4. The van der Waals surface area contributed by atoms with Gasteiger partial charge >= 0.3 is 0 Å². The minimum atomic E-state index is 0.878. The summed E-state index contributed by atoms with van der Waals surface area (Å²) in [5, 5.41) is 8.13. The molecule has 0 aliphatic carbocycles. The van der Waals surface area contributed by atoms with Crippen LogP contribution in [0.2, 0.25) is 0 Å². The molecule has 0 saturated heterocycles. The van der Waals surface area contributed by atoms with Crippen LogP contribution in [0.3, 0.4) is 0 Å². The number of fused-ring (bicyclic) bond motifs is 2. The lowest BCUT2D eigenvalue weighted by Crippen LogP contribution is -1.81. The van der Waals surface area contributed by atoms with E-state index in [1.807, 2.05) is 42.6 Å². The highest BCUT2D eigenvalue weighted by Crippen LogP contribution is 2.26.